The number of likely N-dealkylation sites (tertiary alicyclic amines) is 1. The number of amides is 4. The van der Waals surface area contributed by atoms with Crippen molar-refractivity contribution < 1.29 is 28.7 Å². The van der Waals surface area contributed by atoms with Crippen LogP contribution in [0, 0.1) is 5.92 Å². The molecule has 37 heavy (non-hydrogen) atoms. The van der Waals surface area contributed by atoms with Crippen molar-refractivity contribution in [3.8, 4) is 0 Å². The molecule has 1 aliphatic rings. The van der Waals surface area contributed by atoms with Crippen molar-refractivity contribution in [1.82, 2.24) is 29.8 Å². The summed E-state index contributed by atoms with van der Waals surface area (Å²) in [4.78, 5) is 64.6. The van der Waals surface area contributed by atoms with Gasteiger partial charge in [0, 0.05) is 19.8 Å². The van der Waals surface area contributed by atoms with Crippen molar-refractivity contribution in [2.24, 2.45) is 24.4 Å². The molecule has 3 heterocycles. The fourth-order valence-corrected chi connectivity index (χ4v) is 4.53. The van der Waals surface area contributed by atoms with Gasteiger partial charge in [-0.15, -0.1) is 5.10 Å². The van der Waals surface area contributed by atoms with Gasteiger partial charge in [-0.2, -0.15) is 0 Å². The second-order valence-electron chi connectivity index (χ2n) is 9.37. The van der Waals surface area contributed by atoms with Crippen LogP contribution in [-0.2, 0) is 21.4 Å². The average molecular weight is 517 g/mol. The summed E-state index contributed by atoms with van der Waals surface area (Å²) in [6.45, 7) is 3.91. The highest BCUT2D eigenvalue weighted by atomic mass is 16.5. The number of methoxy groups -OCH3 is 1. The molecule has 1 fully saturated rings. The van der Waals surface area contributed by atoms with Crippen LogP contribution in [0.5, 0.6) is 0 Å². The van der Waals surface area contributed by atoms with Crippen LogP contribution in [0.25, 0.3) is 0 Å². The highest BCUT2D eigenvalue weighted by Crippen LogP contribution is 2.30. The second-order valence-corrected chi connectivity index (χ2v) is 9.37. The van der Waals surface area contributed by atoms with Crippen LogP contribution in [-0.4, -0.2) is 79.8 Å². The van der Waals surface area contributed by atoms with Crippen LogP contribution in [0.15, 0.2) is 18.3 Å². The molecule has 0 aliphatic carbocycles. The summed E-state index contributed by atoms with van der Waals surface area (Å²) in [6.07, 6.45) is 2.34. The van der Waals surface area contributed by atoms with Gasteiger partial charge in [0.25, 0.3) is 17.7 Å². The molecule has 0 spiro atoms. The molecular weight excluding hydrogens is 484 g/mol. The van der Waals surface area contributed by atoms with Crippen molar-refractivity contribution >= 4 is 29.6 Å². The zero-order valence-electron chi connectivity index (χ0n) is 21.2. The molecule has 2 aromatic heterocycles. The van der Waals surface area contributed by atoms with Gasteiger partial charge in [-0.1, -0.05) is 19.1 Å². The number of hydrogen-bond donors (Lipinski definition) is 3. The van der Waals surface area contributed by atoms with E-state index in [-0.39, 0.29) is 42.6 Å². The molecule has 0 aromatic carbocycles. The number of piperidine rings is 1. The summed E-state index contributed by atoms with van der Waals surface area (Å²) in [5.74, 6) is -3.40. The molecule has 200 valence electrons. The first-order valence-electron chi connectivity index (χ1n) is 11.8. The molecular formula is C23H32N8O6. The van der Waals surface area contributed by atoms with E-state index in [0.717, 1.165) is 0 Å². The molecule has 5 N–H and O–H groups in total. The van der Waals surface area contributed by atoms with Crippen molar-refractivity contribution in [1.29, 1.82) is 0 Å². The Kier molecular flexibility index (Phi) is 8.30. The maximum atomic E-state index is 13.6. The van der Waals surface area contributed by atoms with E-state index >= 15 is 0 Å². The third-order valence-corrected chi connectivity index (χ3v) is 6.32. The average Bonchev–Trinajstić information content (AvgIpc) is 3.48. The third kappa shape index (κ3) is 5.78. The number of primary amides is 2. The predicted octanol–water partition coefficient (Wildman–Crippen LogP) is -0.636. The summed E-state index contributed by atoms with van der Waals surface area (Å²) in [6, 6.07) is 0.783. The van der Waals surface area contributed by atoms with Crippen molar-refractivity contribution in [3.05, 3.63) is 35.4 Å². The van der Waals surface area contributed by atoms with Crippen LogP contribution in [0.1, 0.15) is 70.6 Å². The molecule has 0 unspecified atom stereocenters. The molecule has 14 nitrogen and oxygen atoms in total. The van der Waals surface area contributed by atoms with Gasteiger partial charge in [0.1, 0.15) is 17.8 Å². The standard InChI is InChI=1S/C23H32N8O6/c1-12(2)10-14(23(36)37-4)26-21(34)16-11-13(31-18(20(25)33)17(19(24)32)27-28-31)7-9-30(16)22(35)15-6-5-8-29(15)3/h5-6,8,12-14,16H,7,9-11H2,1-4H3,(H2,24,32)(H2,25,33)(H,26,34)/t13-,14+,16+/m0/s1. The normalized spacial score (nSPS) is 18.4. The minimum absolute atomic E-state index is 0.0133. The Balaban J connectivity index is 1.97. The van der Waals surface area contributed by atoms with E-state index in [9.17, 15) is 24.0 Å². The third-order valence-electron chi connectivity index (χ3n) is 6.32. The molecule has 2 aromatic rings. The largest absolute Gasteiger partial charge is 0.467 e. The smallest absolute Gasteiger partial charge is 0.328 e. The van der Waals surface area contributed by atoms with Gasteiger partial charge in [0.2, 0.25) is 5.91 Å². The lowest BCUT2D eigenvalue weighted by Gasteiger charge is -2.39. The first-order valence-corrected chi connectivity index (χ1v) is 11.8. The van der Waals surface area contributed by atoms with E-state index in [1.807, 2.05) is 13.8 Å². The van der Waals surface area contributed by atoms with Crippen LogP contribution in [0.2, 0.25) is 0 Å². The highest BCUT2D eigenvalue weighted by molar-refractivity contribution is 6.03. The Morgan fingerprint density at radius 1 is 1.19 bits per heavy atom. The van der Waals surface area contributed by atoms with E-state index in [1.165, 1.54) is 16.7 Å². The number of nitrogens with one attached hydrogen (secondary N) is 1. The molecule has 0 saturated carbocycles. The number of nitrogens with zero attached hydrogens (tertiary/aromatic N) is 5. The molecule has 0 radical (unpaired) electrons. The van der Waals surface area contributed by atoms with E-state index in [0.29, 0.717) is 12.1 Å². The topological polar surface area (TPSA) is 198 Å². The van der Waals surface area contributed by atoms with Crippen LogP contribution >= 0.6 is 0 Å². The number of nitrogens with two attached hydrogens (primary N) is 2. The number of esters is 1. The van der Waals surface area contributed by atoms with Crippen molar-refractivity contribution in [2.75, 3.05) is 13.7 Å². The van der Waals surface area contributed by atoms with Crippen LogP contribution < -0.4 is 16.8 Å². The van der Waals surface area contributed by atoms with Gasteiger partial charge in [0.15, 0.2) is 11.4 Å². The molecule has 14 heteroatoms. The van der Waals surface area contributed by atoms with Crippen LogP contribution in [0.4, 0.5) is 0 Å². The maximum Gasteiger partial charge on any atom is 0.328 e. The Morgan fingerprint density at radius 3 is 2.43 bits per heavy atom. The molecule has 4 amide bonds. The highest BCUT2D eigenvalue weighted by Gasteiger charge is 2.41. The Bertz CT molecular complexity index is 1200. The van der Waals surface area contributed by atoms with Gasteiger partial charge < -0.3 is 31.0 Å². The Hall–Kier alpha value is -4.23. The van der Waals surface area contributed by atoms with Crippen molar-refractivity contribution in [3.63, 3.8) is 0 Å². The SMILES string of the molecule is COC(=O)[C@@H](CC(C)C)NC(=O)[C@H]1C[C@@H](n2nnc(C(N)=O)c2C(N)=O)CCN1C(=O)c1cccn1C. The lowest BCUT2D eigenvalue weighted by atomic mass is 9.94. The summed E-state index contributed by atoms with van der Waals surface area (Å²) >= 11 is 0. The molecule has 1 saturated heterocycles. The minimum atomic E-state index is -1.04. The van der Waals surface area contributed by atoms with Gasteiger partial charge in [-0.3, -0.25) is 19.2 Å². The molecule has 3 rings (SSSR count). The zero-order valence-corrected chi connectivity index (χ0v) is 21.2. The van der Waals surface area contributed by atoms with Gasteiger partial charge in [-0.05, 0) is 37.3 Å². The minimum Gasteiger partial charge on any atom is -0.467 e. The number of aryl methyl sites for hydroxylation is 1. The zero-order chi connectivity index (χ0) is 27.4. The number of ether oxygens (including phenoxy) is 1. The summed E-state index contributed by atoms with van der Waals surface area (Å²) in [5, 5.41) is 10.3. The van der Waals surface area contributed by atoms with Crippen LogP contribution in [0.3, 0.4) is 0 Å². The number of aromatic nitrogens is 4. The van der Waals surface area contributed by atoms with E-state index in [1.54, 1.807) is 29.9 Å². The first-order chi connectivity index (χ1) is 17.5. The lowest BCUT2D eigenvalue weighted by molar-refractivity contribution is -0.146. The predicted molar refractivity (Wildman–Crippen MR) is 129 cm³/mol. The summed E-state index contributed by atoms with van der Waals surface area (Å²) < 4.78 is 7.67. The maximum absolute atomic E-state index is 13.6. The fraction of sp³-hybridized carbons (Fsp3) is 0.522. The molecule has 0 bridgehead atoms. The number of rotatable bonds is 9. The van der Waals surface area contributed by atoms with E-state index < -0.39 is 41.8 Å². The number of carbonyl (C=O) groups excluding carboxylic acids is 5. The summed E-state index contributed by atoms with van der Waals surface area (Å²) in [5.41, 5.74) is 10.5. The Morgan fingerprint density at radius 2 is 1.89 bits per heavy atom. The molecule has 3 atom stereocenters. The molecule has 1 aliphatic heterocycles. The van der Waals surface area contributed by atoms with Gasteiger partial charge in [-0.25, -0.2) is 9.48 Å². The quantitative estimate of drug-likeness (QED) is 0.366. The number of hydrogen-bond acceptors (Lipinski definition) is 8. The van der Waals surface area contributed by atoms with Crippen molar-refractivity contribution in [2.45, 2.75) is 51.2 Å². The second kappa shape index (κ2) is 11.2. The van der Waals surface area contributed by atoms with Gasteiger partial charge in [0.05, 0.1) is 13.2 Å². The first kappa shape index (κ1) is 27.4. The Labute approximate surface area is 213 Å². The number of carbonyl (C=O) groups is 5. The lowest BCUT2D eigenvalue weighted by Crippen LogP contribution is -2.57. The van der Waals surface area contributed by atoms with Gasteiger partial charge >= 0.3 is 5.97 Å². The van der Waals surface area contributed by atoms with E-state index in [4.69, 9.17) is 16.2 Å². The fourth-order valence-electron chi connectivity index (χ4n) is 4.53. The summed E-state index contributed by atoms with van der Waals surface area (Å²) in [7, 11) is 2.95. The van der Waals surface area contributed by atoms with E-state index in [2.05, 4.69) is 15.6 Å². The monoisotopic (exact) mass is 516 g/mol.